The molecule has 2 rings (SSSR count). The van der Waals surface area contributed by atoms with Gasteiger partial charge in [-0.05, 0) is 46.9 Å². The quantitative estimate of drug-likeness (QED) is 0.791. The van der Waals surface area contributed by atoms with E-state index in [0.717, 1.165) is 3.57 Å². The fourth-order valence-corrected chi connectivity index (χ4v) is 2.32. The third-order valence-corrected chi connectivity index (χ3v) is 3.81. The number of nitrogens with one attached hydrogen (secondary N) is 1. The summed E-state index contributed by atoms with van der Waals surface area (Å²) in [6, 6.07) is 7.32. The summed E-state index contributed by atoms with van der Waals surface area (Å²) in [4.78, 5) is 25.5. The molecule has 5 nitrogen and oxygen atoms in total. The first kappa shape index (κ1) is 15.2. The van der Waals surface area contributed by atoms with E-state index < -0.39 is 0 Å². The molecule has 0 unspecified atom stereocenters. The lowest BCUT2D eigenvalue weighted by Crippen LogP contribution is -2.42. The molecule has 1 aliphatic heterocycles. The summed E-state index contributed by atoms with van der Waals surface area (Å²) >= 11 is 2.19. The van der Waals surface area contributed by atoms with Gasteiger partial charge in [0.1, 0.15) is 0 Å². The van der Waals surface area contributed by atoms with Crippen LogP contribution >= 0.6 is 22.6 Å². The highest BCUT2D eigenvalue weighted by atomic mass is 127. The molecule has 20 heavy (non-hydrogen) atoms. The fraction of sp³-hybridized carbons (Fsp3) is 0.429. The van der Waals surface area contributed by atoms with E-state index in [0.29, 0.717) is 44.8 Å². The van der Waals surface area contributed by atoms with Crippen molar-refractivity contribution in [2.24, 2.45) is 0 Å². The molecule has 6 heteroatoms. The minimum atomic E-state index is -0.142. The molecule has 1 saturated heterocycles. The molecule has 0 bridgehead atoms. The zero-order valence-electron chi connectivity index (χ0n) is 11.1. The van der Waals surface area contributed by atoms with Crippen molar-refractivity contribution in [3.63, 3.8) is 0 Å². The second-order valence-electron chi connectivity index (χ2n) is 4.51. The van der Waals surface area contributed by atoms with Gasteiger partial charge in [0.15, 0.2) is 0 Å². The van der Waals surface area contributed by atoms with Crippen LogP contribution < -0.4 is 5.32 Å². The number of ether oxygens (including phenoxy) is 1. The molecule has 1 aliphatic rings. The summed E-state index contributed by atoms with van der Waals surface area (Å²) < 4.78 is 6.28. The monoisotopic (exact) mass is 388 g/mol. The molecule has 1 N–H and O–H groups in total. The van der Waals surface area contributed by atoms with Gasteiger partial charge in [-0.1, -0.05) is 0 Å². The van der Waals surface area contributed by atoms with E-state index in [4.69, 9.17) is 4.74 Å². The molecule has 1 fully saturated rings. The maximum Gasteiger partial charge on any atom is 0.251 e. The first-order chi connectivity index (χ1) is 9.66. The van der Waals surface area contributed by atoms with Gasteiger partial charge in [-0.3, -0.25) is 9.59 Å². The van der Waals surface area contributed by atoms with Crippen LogP contribution in [0.15, 0.2) is 24.3 Å². The Morgan fingerprint density at radius 1 is 1.20 bits per heavy atom. The third kappa shape index (κ3) is 4.45. The van der Waals surface area contributed by atoms with Crippen LogP contribution in [0.25, 0.3) is 0 Å². The second-order valence-corrected chi connectivity index (χ2v) is 5.75. The van der Waals surface area contributed by atoms with Crippen molar-refractivity contribution in [3.05, 3.63) is 33.4 Å². The topological polar surface area (TPSA) is 58.6 Å². The largest absolute Gasteiger partial charge is 0.378 e. The lowest BCUT2D eigenvalue weighted by Gasteiger charge is -2.26. The van der Waals surface area contributed by atoms with Crippen LogP contribution in [0.4, 0.5) is 0 Å². The van der Waals surface area contributed by atoms with E-state index in [2.05, 4.69) is 27.9 Å². The number of nitrogens with zero attached hydrogens (tertiary/aromatic N) is 1. The first-order valence-electron chi connectivity index (χ1n) is 6.56. The van der Waals surface area contributed by atoms with Crippen molar-refractivity contribution in [3.8, 4) is 0 Å². The summed E-state index contributed by atoms with van der Waals surface area (Å²) in [5.74, 6) is -0.0765. The molecule has 0 saturated carbocycles. The number of carbonyl (C=O) groups is 2. The van der Waals surface area contributed by atoms with Crippen molar-refractivity contribution in [1.82, 2.24) is 10.2 Å². The summed E-state index contributed by atoms with van der Waals surface area (Å²) in [5.41, 5.74) is 0.615. The van der Waals surface area contributed by atoms with Crippen LogP contribution in [-0.2, 0) is 9.53 Å². The average molecular weight is 388 g/mol. The lowest BCUT2D eigenvalue weighted by molar-refractivity contribution is -0.135. The Morgan fingerprint density at radius 2 is 1.85 bits per heavy atom. The zero-order chi connectivity index (χ0) is 14.4. The molecule has 0 radical (unpaired) electrons. The number of hydrogen-bond donors (Lipinski definition) is 1. The smallest absolute Gasteiger partial charge is 0.251 e. The van der Waals surface area contributed by atoms with Gasteiger partial charge in [0.05, 0.1) is 13.2 Å². The second kappa shape index (κ2) is 7.58. The average Bonchev–Trinajstić information content (AvgIpc) is 2.48. The van der Waals surface area contributed by atoms with Crippen LogP contribution in [0.3, 0.4) is 0 Å². The molecule has 108 valence electrons. The van der Waals surface area contributed by atoms with Gasteiger partial charge >= 0.3 is 0 Å². The molecule has 2 amide bonds. The van der Waals surface area contributed by atoms with Gasteiger partial charge in [-0.15, -0.1) is 0 Å². The van der Waals surface area contributed by atoms with Crippen LogP contribution in [0.2, 0.25) is 0 Å². The number of carbonyl (C=O) groups excluding carboxylic acids is 2. The number of hydrogen-bond acceptors (Lipinski definition) is 3. The standard InChI is InChI=1S/C14H17IN2O3/c15-12-3-1-11(2-4-12)14(19)16-6-5-13(18)17-7-9-20-10-8-17/h1-4H,5-10H2,(H,16,19). The number of benzene rings is 1. The van der Waals surface area contributed by atoms with Gasteiger partial charge in [-0.2, -0.15) is 0 Å². The third-order valence-electron chi connectivity index (χ3n) is 3.09. The van der Waals surface area contributed by atoms with Gasteiger partial charge in [0.2, 0.25) is 5.91 Å². The highest BCUT2D eigenvalue weighted by Gasteiger charge is 2.16. The predicted octanol–water partition coefficient (Wildman–Crippen LogP) is 1.27. The van der Waals surface area contributed by atoms with Crippen molar-refractivity contribution >= 4 is 34.4 Å². The van der Waals surface area contributed by atoms with E-state index >= 15 is 0 Å². The lowest BCUT2D eigenvalue weighted by atomic mass is 10.2. The van der Waals surface area contributed by atoms with Crippen LogP contribution in [0.5, 0.6) is 0 Å². The number of morpholine rings is 1. The summed E-state index contributed by atoms with van der Waals surface area (Å²) in [6.45, 7) is 2.84. The molecule has 1 aromatic carbocycles. The van der Waals surface area contributed by atoms with Crippen LogP contribution in [-0.4, -0.2) is 49.6 Å². The minimum Gasteiger partial charge on any atom is -0.378 e. The first-order valence-corrected chi connectivity index (χ1v) is 7.64. The maximum atomic E-state index is 11.9. The van der Waals surface area contributed by atoms with Crippen LogP contribution in [0.1, 0.15) is 16.8 Å². The Hall–Kier alpha value is -1.15. The van der Waals surface area contributed by atoms with E-state index in [1.165, 1.54) is 0 Å². The predicted molar refractivity (Wildman–Crippen MR) is 83.5 cm³/mol. The summed E-state index contributed by atoms with van der Waals surface area (Å²) in [6.07, 6.45) is 0.329. The minimum absolute atomic E-state index is 0.0659. The number of halogens is 1. The molecule has 1 heterocycles. The van der Waals surface area contributed by atoms with Crippen molar-refractivity contribution < 1.29 is 14.3 Å². The number of rotatable bonds is 4. The Balaban J connectivity index is 1.73. The summed E-state index contributed by atoms with van der Waals surface area (Å²) in [7, 11) is 0. The molecule has 0 atom stereocenters. The van der Waals surface area contributed by atoms with Gasteiger partial charge in [0, 0.05) is 35.2 Å². The molecule has 0 spiro atoms. The highest BCUT2D eigenvalue weighted by molar-refractivity contribution is 14.1. The molecular formula is C14H17IN2O3. The van der Waals surface area contributed by atoms with Crippen molar-refractivity contribution in [1.29, 1.82) is 0 Å². The van der Waals surface area contributed by atoms with Gasteiger partial charge < -0.3 is 15.0 Å². The number of amides is 2. The fourth-order valence-electron chi connectivity index (χ4n) is 1.96. The zero-order valence-corrected chi connectivity index (χ0v) is 13.3. The Bertz CT molecular complexity index is 470. The highest BCUT2D eigenvalue weighted by Crippen LogP contribution is 2.06. The van der Waals surface area contributed by atoms with Crippen molar-refractivity contribution in [2.75, 3.05) is 32.8 Å². The Labute approximate surface area is 131 Å². The molecule has 0 aliphatic carbocycles. The molecule has 1 aromatic rings. The van der Waals surface area contributed by atoms with E-state index in [9.17, 15) is 9.59 Å². The van der Waals surface area contributed by atoms with Crippen LogP contribution in [0, 0.1) is 3.57 Å². The Morgan fingerprint density at radius 3 is 2.50 bits per heavy atom. The van der Waals surface area contributed by atoms with Gasteiger partial charge in [0.25, 0.3) is 5.91 Å². The SMILES string of the molecule is O=C(NCCC(=O)N1CCOCC1)c1ccc(I)cc1. The van der Waals surface area contributed by atoms with E-state index in [1.54, 1.807) is 17.0 Å². The molecule has 0 aromatic heterocycles. The van der Waals surface area contributed by atoms with Gasteiger partial charge in [-0.25, -0.2) is 0 Å². The van der Waals surface area contributed by atoms with E-state index in [1.807, 2.05) is 12.1 Å². The van der Waals surface area contributed by atoms with E-state index in [-0.39, 0.29) is 11.8 Å². The maximum absolute atomic E-state index is 11.9. The molecular weight excluding hydrogens is 371 g/mol. The Kier molecular flexibility index (Phi) is 5.78. The normalized spacial score (nSPS) is 14.9. The summed E-state index contributed by atoms with van der Waals surface area (Å²) in [5, 5.41) is 2.77. The van der Waals surface area contributed by atoms with Crippen molar-refractivity contribution in [2.45, 2.75) is 6.42 Å².